The summed E-state index contributed by atoms with van der Waals surface area (Å²) in [5.41, 5.74) is 0.950. The Kier molecular flexibility index (Phi) is 6.72. The van der Waals surface area contributed by atoms with Gasteiger partial charge in [-0.2, -0.15) is 0 Å². The Morgan fingerprint density at radius 2 is 2.04 bits per heavy atom. The first-order chi connectivity index (χ1) is 12.0. The molecular formula is C17H22N2O5S. The molecule has 1 aliphatic rings. The van der Waals surface area contributed by atoms with E-state index >= 15 is 0 Å². The van der Waals surface area contributed by atoms with E-state index in [9.17, 15) is 14.7 Å². The van der Waals surface area contributed by atoms with Gasteiger partial charge in [-0.15, -0.1) is 0 Å². The number of carbonyl (C=O) groups excluding carboxylic acids is 2. The summed E-state index contributed by atoms with van der Waals surface area (Å²) in [6, 6.07) is 4.50. The van der Waals surface area contributed by atoms with Crippen molar-refractivity contribution in [1.82, 2.24) is 4.90 Å². The SMILES string of the molecule is COC(=O)c1ccc(C(=O)OC)c(NC(=S)N2CCC[C@@H](CO)C2)c1. The number of nitrogens with one attached hydrogen (secondary N) is 1. The summed E-state index contributed by atoms with van der Waals surface area (Å²) in [5.74, 6) is -0.868. The van der Waals surface area contributed by atoms with Crippen molar-refractivity contribution < 1.29 is 24.2 Å². The summed E-state index contributed by atoms with van der Waals surface area (Å²) in [6.45, 7) is 1.53. The molecule has 1 atom stereocenters. The molecule has 1 aromatic carbocycles. The molecule has 0 bridgehead atoms. The molecule has 8 heteroatoms. The third kappa shape index (κ3) is 4.67. The number of likely N-dealkylation sites (tertiary alicyclic amines) is 1. The molecule has 1 saturated heterocycles. The number of carbonyl (C=O) groups is 2. The Morgan fingerprint density at radius 3 is 2.68 bits per heavy atom. The highest BCUT2D eigenvalue weighted by Crippen LogP contribution is 2.22. The van der Waals surface area contributed by atoms with Crippen LogP contribution in [-0.2, 0) is 9.47 Å². The van der Waals surface area contributed by atoms with Crippen molar-refractivity contribution in [3.63, 3.8) is 0 Å². The van der Waals surface area contributed by atoms with Gasteiger partial charge in [-0.05, 0) is 49.2 Å². The summed E-state index contributed by atoms with van der Waals surface area (Å²) >= 11 is 5.44. The maximum atomic E-state index is 12.0. The molecule has 0 amide bonds. The standard InChI is InChI=1S/C17H22N2O5S/c1-23-15(21)12-5-6-13(16(22)24-2)14(8-12)18-17(25)19-7-3-4-11(9-19)10-20/h5-6,8,11,20H,3-4,7,9-10H2,1-2H3,(H,18,25)/t11-/m1/s1. The van der Waals surface area contributed by atoms with Gasteiger partial charge in [-0.3, -0.25) is 0 Å². The highest BCUT2D eigenvalue weighted by atomic mass is 32.1. The molecule has 2 rings (SSSR count). The minimum atomic E-state index is -0.534. The van der Waals surface area contributed by atoms with E-state index in [1.807, 2.05) is 4.90 Å². The van der Waals surface area contributed by atoms with Crippen LogP contribution in [0.2, 0.25) is 0 Å². The van der Waals surface area contributed by atoms with Crippen LogP contribution in [0, 0.1) is 5.92 Å². The molecule has 0 aliphatic carbocycles. The Morgan fingerprint density at radius 1 is 1.32 bits per heavy atom. The van der Waals surface area contributed by atoms with Crippen LogP contribution in [0.3, 0.4) is 0 Å². The molecule has 0 radical (unpaired) electrons. The fourth-order valence-electron chi connectivity index (χ4n) is 2.77. The number of hydrogen-bond donors (Lipinski definition) is 2. The molecule has 1 fully saturated rings. The van der Waals surface area contributed by atoms with E-state index in [-0.39, 0.29) is 18.1 Å². The van der Waals surface area contributed by atoms with Crippen LogP contribution in [0.15, 0.2) is 18.2 Å². The van der Waals surface area contributed by atoms with Crippen molar-refractivity contribution in [3.05, 3.63) is 29.3 Å². The molecule has 7 nitrogen and oxygen atoms in total. The van der Waals surface area contributed by atoms with E-state index in [4.69, 9.17) is 21.7 Å². The predicted octanol–water partition coefficient (Wildman–Crippen LogP) is 1.66. The third-order valence-corrected chi connectivity index (χ3v) is 4.51. The lowest BCUT2D eigenvalue weighted by Gasteiger charge is -2.34. The van der Waals surface area contributed by atoms with Gasteiger partial charge in [0.15, 0.2) is 5.11 Å². The number of piperidine rings is 1. The largest absolute Gasteiger partial charge is 0.465 e. The molecule has 25 heavy (non-hydrogen) atoms. The second kappa shape index (κ2) is 8.77. The highest BCUT2D eigenvalue weighted by Gasteiger charge is 2.23. The van der Waals surface area contributed by atoms with E-state index in [1.54, 1.807) is 0 Å². The number of hydrogen-bond acceptors (Lipinski definition) is 6. The average Bonchev–Trinajstić information content (AvgIpc) is 2.66. The molecule has 1 aromatic rings. The normalized spacial score (nSPS) is 16.9. The predicted molar refractivity (Wildman–Crippen MR) is 96.7 cm³/mol. The van der Waals surface area contributed by atoms with Gasteiger partial charge >= 0.3 is 11.9 Å². The maximum absolute atomic E-state index is 12.0. The zero-order chi connectivity index (χ0) is 18.4. The Hall–Kier alpha value is -2.19. The quantitative estimate of drug-likeness (QED) is 0.614. The molecule has 0 aromatic heterocycles. The summed E-state index contributed by atoms with van der Waals surface area (Å²) in [6.07, 6.45) is 1.89. The zero-order valence-electron chi connectivity index (χ0n) is 14.3. The number of aliphatic hydroxyl groups excluding tert-OH is 1. The molecule has 0 unspecified atom stereocenters. The highest BCUT2D eigenvalue weighted by molar-refractivity contribution is 7.80. The zero-order valence-corrected chi connectivity index (χ0v) is 15.1. The van der Waals surface area contributed by atoms with Gasteiger partial charge in [0.25, 0.3) is 0 Å². The number of ether oxygens (including phenoxy) is 2. The lowest BCUT2D eigenvalue weighted by Crippen LogP contribution is -2.43. The number of thiocarbonyl (C=S) groups is 1. The fourth-order valence-corrected chi connectivity index (χ4v) is 3.05. The lowest BCUT2D eigenvalue weighted by molar-refractivity contribution is 0.0587. The molecule has 2 N–H and O–H groups in total. The lowest BCUT2D eigenvalue weighted by atomic mass is 9.99. The van der Waals surface area contributed by atoms with Crippen molar-refractivity contribution in [1.29, 1.82) is 0 Å². The van der Waals surface area contributed by atoms with E-state index in [0.29, 0.717) is 22.9 Å². The van der Waals surface area contributed by atoms with Gasteiger partial charge in [0.2, 0.25) is 0 Å². The van der Waals surface area contributed by atoms with Crippen LogP contribution in [0.25, 0.3) is 0 Å². The molecule has 136 valence electrons. The van der Waals surface area contributed by atoms with Gasteiger partial charge in [0.1, 0.15) is 0 Å². The van der Waals surface area contributed by atoms with E-state index in [0.717, 1.165) is 19.4 Å². The fraction of sp³-hybridized carbons (Fsp3) is 0.471. The minimum Gasteiger partial charge on any atom is -0.465 e. The van der Waals surface area contributed by atoms with Crippen molar-refractivity contribution in [2.24, 2.45) is 5.92 Å². The first-order valence-electron chi connectivity index (χ1n) is 7.97. The average molecular weight is 366 g/mol. The van der Waals surface area contributed by atoms with Gasteiger partial charge in [0, 0.05) is 19.7 Å². The number of rotatable bonds is 4. The molecule has 1 heterocycles. The van der Waals surface area contributed by atoms with Gasteiger partial charge in [-0.1, -0.05) is 0 Å². The Bertz CT molecular complexity index is 664. The molecule has 0 spiro atoms. The van der Waals surface area contributed by atoms with Crippen LogP contribution in [0.5, 0.6) is 0 Å². The van der Waals surface area contributed by atoms with E-state index in [1.165, 1.54) is 32.4 Å². The number of nitrogens with zero attached hydrogens (tertiary/aromatic N) is 1. The second-order valence-corrected chi connectivity index (χ2v) is 6.20. The molecule has 1 aliphatic heterocycles. The Balaban J connectivity index is 2.24. The van der Waals surface area contributed by atoms with Crippen molar-refractivity contribution in [2.45, 2.75) is 12.8 Å². The second-order valence-electron chi connectivity index (χ2n) is 5.81. The smallest absolute Gasteiger partial charge is 0.339 e. The van der Waals surface area contributed by atoms with E-state index in [2.05, 4.69) is 5.32 Å². The van der Waals surface area contributed by atoms with Crippen LogP contribution < -0.4 is 5.32 Å². The summed E-state index contributed by atoms with van der Waals surface area (Å²) in [7, 11) is 2.58. The van der Waals surface area contributed by atoms with Crippen LogP contribution in [0.1, 0.15) is 33.6 Å². The number of esters is 2. The van der Waals surface area contributed by atoms with Crippen LogP contribution in [-0.4, -0.2) is 61.0 Å². The number of methoxy groups -OCH3 is 2. The summed E-state index contributed by atoms with van der Waals surface area (Å²) in [5, 5.41) is 12.8. The van der Waals surface area contributed by atoms with Gasteiger partial charge < -0.3 is 24.8 Å². The van der Waals surface area contributed by atoms with Crippen LogP contribution >= 0.6 is 12.2 Å². The van der Waals surface area contributed by atoms with Crippen LogP contribution in [0.4, 0.5) is 5.69 Å². The first kappa shape index (κ1) is 19.1. The Labute approximate surface area is 151 Å². The summed E-state index contributed by atoms with van der Waals surface area (Å²) < 4.78 is 9.49. The van der Waals surface area contributed by atoms with Crippen molar-refractivity contribution in [3.8, 4) is 0 Å². The molecular weight excluding hydrogens is 344 g/mol. The van der Waals surface area contributed by atoms with Gasteiger partial charge in [0.05, 0.1) is 31.0 Å². The third-order valence-electron chi connectivity index (χ3n) is 4.15. The number of benzene rings is 1. The molecule has 0 saturated carbocycles. The van der Waals surface area contributed by atoms with Crippen molar-refractivity contribution in [2.75, 3.05) is 39.2 Å². The monoisotopic (exact) mass is 366 g/mol. The topological polar surface area (TPSA) is 88.1 Å². The first-order valence-corrected chi connectivity index (χ1v) is 8.38. The van der Waals surface area contributed by atoms with Gasteiger partial charge in [-0.25, -0.2) is 9.59 Å². The summed E-state index contributed by atoms with van der Waals surface area (Å²) in [4.78, 5) is 25.7. The number of aliphatic hydroxyl groups is 1. The minimum absolute atomic E-state index is 0.115. The number of anilines is 1. The van der Waals surface area contributed by atoms with E-state index < -0.39 is 11.9 Å². The maximum Gasteiger partial charge on any atom is 0.339 e. The van der Waals surface area contributed by atoms with Crippen molar-refractivity contribution >= 4 is 35.0 Å².